The van der Waals surface area contributed by atoms with Gasteiger partial charge in [0.1, 0.15) is 6.54 Å². The van der Waals surface area contributed by atoms with Crippen molar-refractivity contribution in [2.24, 2.45) is 5.73 Å². The number of methoxy groups -OCH3 is 1. The van der Waals surface area contributed by atoms with E-state index in [1.165, 1.54) is 7.11 Å². The molecule has 0 rings (SSSR count). The van der Waals surface area contributed by atoms with E-state index in [0.717, 1.165) is 0 Å². The Morgan fingerprint density at radius 3 is 2.46 bits per heavy atom. The summed E-state index contributed by atoms with van der Waals surface area (Å²) in [5.74, 6) is -0.833. The maximum absolute atomic E-state index is 11.3. The molecule has 1 unspecified atom stereocenters. The number of nitrogens with one attached hydrogen (secondary N) is 1. The van der Waals surface area contributed by atoms with E-state index in [-0.39, 0.29) is 12.5 Å². The highest BCUT2D eigenvalue weighted by molar-refractivity contribution is 5.88. The topological polar surface area (TPSA) is 81.4 Å². The van der Waals surface area contributed by atoms with Gasteiger partial charge in [0.2, 0.25) is 5.91 Å². The summed E-state index contributed by atoms with van der Waals surface area (Å²) in [6, 6.07) is 0. The summed E-state index contributed by atoms with van der Waals surface area (Å²) < 4.78 is 4.35. The molecule has 0 radical (unpaired) electrons. The van der Waals surface area contributed by atoms with E-state index >= 15 is 0 Å². The van der Waals surface area contributed by atoms with Gasteiger partial charge in [-0.25, -0.2) is 0 Å². The lowest BCUT2D eigenvalue weighted by Crippen LogP contribution is -2.52. The van der Waals surface area contributed by atoms with Crippen LogP contribution in [0.15, 0.2) is 0 Å². The molecule has 0 aromatic carbocycles. The minimum atomic E-state index is -0.923. The molecule has 1 atom stereocenters. The second-order valence-corrected chi connectivity index (χ2v) is 3.03. The molecule has 0 aliphatic heterocycles. The highest BCUT2D eigenvalue weighted by atomic mass is 16.5. The Labute approximate surface area is 77.6 Å². The van der Waals surface area contributed by atoms with Gasteiger partial charge in [-0.1, -0.05) is 6.92 Å². The molecule has 0 heterocycles. The van der Waals surface area contributed by atoms with Crippen molar-refractivity contribution >= 4 is 11.9 Å². The lowest BCUT2D eigenvalue weighted by atomic mass is 10.00. The van der Waals surface area contributed by atoms with Crippen molar-refractivity contribution in [1.82, 2.24) is 5.32 Å². The number of ether oxygens (including phenoxy) is 1. The quantitative estimate of drug-likeness (QED) is 0.577. The number of carbonyl (C=O) groups is 2. The molecule has 0 spiro atoms. The van der Waals surface area contributed by atoms with Crippen molar-refractivity contribution in [3.05, 3.63) is 0 Å². The number of esters is 1. The van der Waals surface area contributed by atoms with Crippen LogP contribution in [0.25, 0.3) is 0 Å². The van der Waals surface area contributed by atoms with Gasteiger partial charge >= 0.3 is 5.97 Å². The molecule has 0 saturated heterocycles. The van der Waals surface area contributed by atoms with E-state index in [2.05, 4.69) is 10.1 Å². The van der Waals surface area contributed by atoms with Crippen molar-refractivity contribution in [3.63, 3.8) is 0 Å². The molecule has 0 aliphatic rings. The zero-order valence-electron chi connectivity index (χ0n) is 8.22. The molecule has 0 fully saturated rings. The molecule has 13 heavy (non-hydrogen) atoms. The van der Waals surface area contributed by atoms with Gasteiger partial charge in [-0.05, 0) is 13.3 Å². The maximum atomic E-state index is 11.3. The van der Waals surface area contributed by atoms with Crippen molar-refractivity contribution in [3.8, 4) is 0 Å². The van der Waals surface area contributed by atoms with Crippen molar-refractivity contribution in [2.75, 3.05) is 13.7 Å². The molecule has 0 saturated carbocycles. The average molecular weight is 188 g/mol. The third kappa shape index (κ3) is 3.89. The molecule has 0 aliphatic carbocycles. The largest absolute Gasteiger partial charge is 0.468 e. The summed E-state index contributed by atoms with van der Waals surface area (Å²) in [6.07, 6.45) is 0.514. The average Bonchev–Trinajstić information content (AvgIpc) is 2.13. The Morgan fingerprint density at radius 2 is 2.08 bits per heavy atom. The molecule has 5 nitrogen and oxygen atoms in total. The molecular weight excluding hydrogens is 172 g/mol. The number of hydrogen-bond acceptors (Lipinski definition) is 4. The maximum Gasteiger partial charge on any atom is 0.325 e. The van der Waals surface area contributed by atoms with Crippen molar-refractivity contribution < 1.29 is 14.3 Å². The van der Waals surface area contributed by atoms with Crippen LogP contribution in [0.5, 0.6) is 0 Å². The Balaban J connectivity index is 3.95. The number of carbonyl (C=O) groups excluding carboxylic acids is 2. The van der Waals surface area contributed by atoms with Crippen LogP contribution >= 0.6 is 0 Å². The minimum absolute atomic E-state index is 0.137. The van der Waals surface area contributed by atoms with Crippen LogP contribution in [0, 0.1) is 0 Å². The van der Waals surface area contributed by atoms with E-state index in [4.69, 9.17) is 5.73 Å². The fourth-order valence-electron chi connectivity index (χ4n) is 0.587. The van der Waals surface area contributed by atoms with Gasteiger partial charge in [0.15, 0.2) is 0 Å². The Kier molecular flexibility index (Phi) is 4.40. The fraction of sp³-hybridized carbons (Fsp3) is 0.750. The van der Waals surface area contributed by atoms with Crippen LogP contribution in [0.4, 0.5) is 0 Å². The smallest absolute Gasteiger partial charge is 0.325 e. The van der Waals surface area contributed by atoms with Gasteiger partial charge in [0, 0.05) is 0 Å². The molecule has 76 valence electrons. The molecule has 5 heteroatoms. The Morgan fingerprint density at radius 1 is 1.54 bits per heavy atom. The van der Waals surface area contributed by atoms with Crippen LogP contribution in [0.1, 0.15) is 20.3 Å². The van der Waals surface area contributed by atoms with Crippen LogP contribution in [0.2, 0.25) is 0 Å². The second-order valence-electron chi connectivity index (χ2n) is 3.03. The predicted molar refractivity (Wildman–Crippen MR) is 47.9 cm³/mol. The number of hydrogen-bond donors (Lipinski definition) is 2. The number of amides is 1. The first-order chi connectivity index (χ1) is 5.94. The Hall–Kier alpha value is -1.10. The van der Waals surface area contributed by atoms with E-state index in [9.17, 15) is 9.59 Å². The van der Waals surface area contributed by atoms with Gasteiger partial charge < -0.3 is 15.8 Å². The lowest BCUT2D eigenvalue weighted by molar-refractivity contribution is -0.141. The SMILES string of the molecule is CCC(C)(N)C(=O)NCC(=O)OC. The summed E-state index contributed by atoms with van der Waals surface area (Å²) in [5.41, 5.74) is 4.70. The van der Waals surface area contributed by atoms with Gasteiger partial charge in [0.05, 0.1) is 12.6 Å². The number of nitrogens with two attached hydrogens (primary N) is 1. The van der Waals surface area contributed by atoms with Gasteiger partial charge in [-0.2, -0.15) is 0 Å². The van der Waals surface area contributed by atoms with Gasteiger partial charge in [-0.15, -0.1) is 0 Å². The van der Waals surface area contributed by atoms with Crippen LogP contribution < -0.4 is 11.1 Å². The van der Waals surface area contributed by atoms with Crippen molar-refractivity contribution in [1.29, 1.82) is 0 Å². The zero-order valence-corrected chi connectivity index (χ0v) is 8.22. The zero-order chi connectivity index (χ0) is 10.5. The number of rotatable bonds is 4. The van der Waals surface area contributed by atoms with Crippen LogP contribution in [0.3, 0.4) is 0 Å². The highest BCUT2D eigenvalue weighted by Crippen LogP contribution is 2.03. The van der Waals surface area contributed by atoms with E-state index in [1.54, 1.807) is 13.8 Å². The van der Waals surface area contributed by atoms with Crippen LogP contribution in [-0.2, 0) is 14.3 Å². The first kappa shape index (κ1) is 11.9. The minimum Gasteiger partial charge on any atom is -0.468 e. The van der Waals surface area contributed by atoms with Crippen molar-refractivity contribution in [2.45, 2.75) is 25.8 Å². The fourth-order valence-corrected chi connectivity index (χ4v) is 0.587. The van der Waals surface area contributed by atoms with E-state index < -0.39 is 11.5 Å². The summed E-state index contributed by atoms with van der Waals surface area (Å²) in [7, 11) is 1.26. The second kappa shape index (κ2) is 4.81. The van der Waals surface area contributed by atoms with E-state index in [1.807, 2.05) is 0 Å². The third-order valence-corrected chi connectivity index (χ3v) is 1.87. The predicted octanol–water partition coefficient (Wildman–Crippen LogP) is -0.597. The molecule has 3 N–H and O–H groups in total. The highest BCUT2D eigenvalue weighted by Gasteiger charge is 2.25. The Bertz CT molecular complexity index is 202. The van der Waals surface area contributed by atoms with E-state index in [0.29, 0.717) is 6.42 Å². The third-order valence-electron chi connectivity index (χ3n) is 1.87. The molecule has 0 aromatic rings. The van der Waals surface area contributed by atoms with Crippen LogP contribution in [-0.4, -0.2) is 31.1 Å². The summed E-state index contributed by atoms with van der Waals surface area (Å²) in [6.45, 7) is 3.28. The molecule has 0 bridgehead atoms. The standard InChI is InChI=1S/C8H16N2O3/c1-4-8(2,9)7(12)10-5-6(11)13-3/h4-5,9H2,1-3H3,(H,10,12). The molecule has 0 aromatic heterocycles. The normalized spacial score (nSPS) is 14.5. The molecule has 1 amide bonds. The molecular formula is C8H16N2O3. The van der Waals surface area contributed by atoms with Gasteiger partial charge in [-0.3, -0.25) is 9.59 Å². The summed E-state index contributed by atoms with van der Waals surface area (Å²) >= 11 is 0. The first-order valence-electron chi connectivity index (χ1n) is 4.08. The summed E-state index contributed by atoms with van der Waals surface area (Å²) in [4.78, 5) is 21.9. The summed E-state index contributed by atoms with van der Waals surface area (Å²) in [5, 5.41) is 2.39. The first-order valence-corrected chi connectivity index (χ1v) is 4.08. The van der Waals surface area contributed by atoms with Gasteiger partial charge in [0.25, 0.3) is 0 Å². The monoisotopic (exact) mass is 188 g/mol. The lowest BCUT2D eigenvalue weighted by Gasteiger charge is -2.20.